The topological polar surface area (TPSA) is 78.9 Å². The molecule has 6 heteroatoms. The molecule has 0 aromatic carbocycles. The molecule has 0 fully saturated rings. The van der Waals surface area contributed by atoms with E-state index in [9.17, 15) is 14.4 Å². The molecule has 0 saturated carbocycles. The molecular weight excluding hydrogens is 228 g/mol. The van der Waals surface area contributed by atoms with Gasteiger partial charge in [0.2, 0.25) is 0 Å². The van der Waals surface area contributed by atoms with E-state index in [1.165, 1.54) is 28.3 Å². The highest BCUT2D eigenvalue weighted by Crippen LogP contribution is 1.76. The Hall–Kier alpha value is -1.59. The molecule has 0 rings (SSSR count). The van der Waals surface area contributed by atoms with E-state index < -0.39 is 0 Å². The molecule has 0 N–H and O–H groups in total. The van der Waals surface area contributed by atoms with Gasteiger partial charge in [0.1, 0.15) is 0 Å². The van der Waals surface area contributed by atoms with Gasteiger partial charge in [-0.2, -0.15) is 0 Å². The van der Waals surface area contributed by atoms with Gasteiger partial charge in [0, 0.05) is 19.8 Å². The molecule has 0 atom stereocenters. The Bertz CT molecular complexity index is 184. The van der Waals surface area contributed by atoms with Crippen molar-refractivity contribution in [1.29, 1.82) is 0 Å². The van der Waals surface area contributed by atoms with Crippen molar-refractivity contribution < 1.29 is 28.6 Å². The lowest BCUT2D eigenvalue weighted by atomic mass is 10.5. The van der Waals surface area contributed by atoms with Gasteiger partial charge in [0.25, 0.3) is 0 Å². The number of rotatable bonds is 2. The Morgan fingerprint density at radius 1 is 0.765 bits per heavy atom. The Kier molecular flexibility index (Phi) is 20.6. The smallest absolute Gasteiger partial charge is 0.305 e. The quantitative estimate of drug-likeness (QED) is 0.543. The molecule has 0 radical (unpaired) electrons. The highest BCUT2D eigenvalue weighted by Gasteiger charge is 1.88. The van der Waals surface area contributed by atoms with Gasteiger partial charge < -0.3 is 14.2 Å². The molecule has 17 heavy (non-hydrogen) atoms. The van der Waals surface area contributed by atoms with Crippen LogP contribution in [0.25, 0.3) is 0 Å². The van der Waals surface area contributed by atoms with E-state index in [4.69, 9.17) is 0 Å². The van der Waals surface area contributed by atoms with Crippen molar-refractivity contribution in [1.82, 2.24) is 0 Å². The summed E-state index contributed by atoms with van der Waals surface area (Å²) in [6.07, 6.45) is 0.938. The third-order valence-electron chi connectivity index (χ3n) is 1.32. The molecule has 0 aliphatic heterocycles. The fourth-order valence-corrected chi connectivity index (χ4v) is 0.289. The van der Waals surface area contributed by atoms with Crippen LogP contribution in [0.5, 0.6) is 0 Å². The first kappa shape index (κ1) is 20.8. The summed E-state index contributed by atoms with van der Waals surface area (Å²) in [6, 6.07) is 0. The highest BCUT2D eigenvalue weighted by atomic mass is 16.5. The molecule has 0 bridgehead atoms. The van der Waals surface area contributed by atoms with Crippen molar-refractivity contribution in [2.75, 3.05) is 21.3 Å². The molecule has 102 valence electrons. The maximum Gasteiger partial charge on any atom is 0.305 e. The normalized spacial score (nSPS) is 7.41. The van der Waals surface area contributed by atoms with Gasteiger partial charge in [-0.1, -0.05) is 13.8 Å². The number of ether oxygens (including phenoxy) is 3. The predicted molar refractivity (Wildman–Crippen MR) is 62.3 cm³/mol. The third-order valence-corrected chi connectivity index (χ3v) is 1.32. The van der Waals surface area contributed by atoms with Crippen LogP contribution in [0.4, 0.5) is 0 Å². The van der Waals surface area contributed by atoms with E-state index in [-0.39, 0.29) is 17.9 Å². The van der Waals surface area contributed by atoms with Crippen molar-refractivity contribution in [2.24, 2.45) is 0 Å². The zero-order chi connectivity index (χ0) is 14.3. The van der Waals surface area contributed by atoms with Crippen LogP contribution in [0.15, 0.2) is 0 Å². The van der Waals surface area contributed by atoms with Crippen LogP contribution >= 0.6 is 0 Å². The molecule has 0 saturated heterocycles. The predicted octanol–water partition coefficient (Wildman–Crippen LogP) is 1.32. The second-order valence-corrected chi connectivity index (χ2v) is 2.56. The summed E-state index contributed by atoms with van der Waals surface area (Å²) >= 11 is 0. The Labute approximate surface area is 102 Å². The van der Waals surface area contributed by atoms with Crippen molar-refractivity contribution in [3.8, 4) is 0 Å². The molecule has 0 amide bonds. The molecule has 0 heterocycles. The number of carbonyl (C=O) groups is 3. The van der Waals surface area contributed by atoms with Crippen LogP contribution in [0, 0.1) is 0 Å². The van der Waals surface area contributed by atoms with E-state index in [0.717, 1.165) is 0 Å². The van der Waals surface area contributed by atoms with Crippen molar-refractivity contribution in [2.45, 2.75) is 33.6 Å². The first-order valence-corrected chi connectivity index (χ1v) is 5.07. The van der Waals surface area contributed by atoms with Crippen molar-refractivity contribution in [3.05, 3.63) is 0 Å². The molecule has 0 aromatic rings. The highest BCUT2D eigenvalue weighted by molar-refractivity contribution is 5.68. The zero-order valence-corrected chi connectivity index (χ0v) is 11.4. The lowest BCUT2D eigenvalue weighted by molar-refractivity contribution is -0.141. The number of hydrogen-bond donors (Lipinski definition) is 0. The van der Waals surface area contributed by atoms with E-state index in [1.807, 2.05) is 0 Å². The standard InChI is InChI=1S/2C4H8O2.C3H6O2/c2*1-3-4(5)6-2;1-3(4)5-2/h2*3H2,1-2H3;1-2H3. The number of carbonyl (C=O) groups excluding carboxylic acids is 3. The summed E-state index contributed by atoms with van der Waals surface area (Å²) in [4.78, 5) is 29.5. The minimum absolute atomic E-state index is 0.157. The van der Waals surface area contributed by atoms with E-state index in [1.54, 1.807) is 13.8 Å². The summed E-state index contributed by atoms with van der Waals surface area (Å²) < 4.78 is 12.6. The van der Waals surface area contributed by atoms with Gasteiger partial charge in [0.15, 0.2) is 0 Å². The lowest BCUT2D eigenvalue weighted by Crippen LogP contribution is -1.94. The van der Waals surface area contributed by atoms with E-state index in [2.05, 4.69) is 14.2 Å². The van der Waals surface area contributed by atoms with Crippen LogP contribution in [-0.2, 0) is 28.6 Å². The second-order valence-electron chi connectivity index (χ2n) is 2.56. The monoisotopic (exact) mass is 250 g/mol. The minimum atomic E-state index is -0.245. The van der Waals surface area contributed by atoms with Gasteiger partial charge in [-0.15, -0.1) is 0 Å². The van der Waals surface area contributed by atoms with Crippen LogP contribution < -0.4 is 0 Å². The summed E-state index contributed by atoms with van der Waals surface area (Å²) in [7, 11) is 4.11. The van der Waals surface area contributed by atoms with Crippen LogP contribution in [0.2, 0.25) is 0 Å². The molecule has 0 aliphatic carbocycles. The number of hydrogen-bond acceptors (Lipinski definition) is 6. The fourth-order valence-electron chi connectivity index (χ4n) is 0.289. The van der Waals surface area contributed by atoms with Crippen LogP contribution in [0.3, 0.4) is 0 Å². The van der Waals surface area contributed by atoms with Crippen molar-refractivity contribution in [3.63, 3.8) is 0 Å². The van der Waals surface area contributed by atoms with Gasteiger partial charge in [-0.25, -0.2) is 0 Å². The van der Waals surface area contributed by atoms with Gasteiger partial charge in [-0.05, 0) is 0 Å². The van der Waals surface area contributed by atoms with Gasteiger partial charge in [0.05, 0.1) is 21.3 Å². The fraction of sp³-hybridized carbons (Fsp3) is 0.727. The molecule has 0 spiro atoms. The average Bonchev–Trinajstić information content (AvgIpc) is 2.37. The van der Waals surface area contributed by atoms with Crippen LogP contribution in [-0.4, -0.2) is 39.2 Å². The lowest BCUT2D eigenvalue weighted by Gasteiger charge is -1.87. The summed E-state index contributed by atoms with van der Waals surface area (Å²) in [6.45, 7) is 4.87. The maximum atomic E-state index is 9.96. The minimum Gasteiger partial charge on any atom is -0.469 e. The van der Waals surface area contributed by atoms with E-state index in [0.29, 0.717) is 12.8 Å². The average molecular weight is 250 g/mol. The first-order chi connectivity index (χ1) is 7.89. The number of methoxy groups -OCH3 is 3. The zero-order valence-electron chi connectivity index (χ0n) is 11.4. The molecule has 0 unspecified atom stereocenters. The number of esters is 3. The third kappa shape index (κ3) is 31.4. The summed E-state index contributed by atoms with van der Waals surface area (Å²) in [5.74, 6) is -0.560. The Balaban J connectivity index is -0.000000174. The van der Waals surface area contributed by atoms with Crippen molar-refractivity contribution >= 4 is 17.9 Å². The van der Waals surface area contributed by atoms with E-state index >= 15 is 0 Å². The van der Waals surface area contributed by atoms with Gasteiger partial charge >= 0.3 is 17.9 Å². The molecule has 0 aliphatic rings. The molecule has 0 aromatic heterocycles. The molecule has 6 nitrogen and oxygen atoms in total. The Morgan fingerprint density at radius 2 is 1.00 bits per heavy atom. The SMILES string of the molecule is CCC(=O)OC.CCC(=O)OC.COC(C)=O. The summed E-state index contributed by atoms with van der Waals surface area (Å²) in [5.41, 5.74) is 0. The van der Waals surface area contributed by atoms with Crippen LogP contribution in [0.1, 0.15) is 33.6 Å². The first-order valence-electron chi connectivity index (χ1n) is 5.07. The maximum absolute atomic E-state index is 9.96. The second kappa shape index (κ2) is 16.8. The Morgan fingerprint density at radius 3 is 1.00 bits per heavy atom. The summed E-state index contributed by atoms with van der Waals surface area (Å²) in [5, 5.41) is 0. The molecular formula is C11H22O6. The van der Waals surface area contributed by atoms with Gasteiger partial charge in [-0.3, -0.25) is 14.4 Å². The largest absolute Gasteiger partial charge is 0.469 e.